The van der Waals surface area contributed by atoms with Crippen molar-refractivity contribution in [1.29, 1.82) is 0 Å². The summed E-state index contributed by atoms with van der Waals surface area (Å²) in [5, 5.41) is 0. The van der Waals surface area contributed by atoms with E-state index >= 15 is 0 Å². The van der Waals surface area contributed by atoms with Crippen LogP contribution in [0.25, 0.3) is 0 Å². The standard InChI is InChI=1S/C29H28Br2N2O5/c1-3-15-4-6-17(7-5-15)32-13-16(11-22(32)34)29(37)38-18-8-9-21(14(2)10-18)33-27(35)23-19-12-20(24(23)28(33)36)26(31)25(19)30/h4-10,16,19-20,23-26H,3,11-13H2,1-2H3/t16-,19-,20-,23-,24-,25-,26+/m1/s1. The second kappa shape index (κ2) is 9.59. The fourth-order valence-electron chi connectivity index (χ4n) is 6.75. The smallest absolute Gasteiger partial charge is 0.316 e. The van der Waals surface area contributed by atoms with Crippen molar-refractivity contribution in [2.45, 2.75) is 42.8 Å². The third-order valence-corrected chi connectivity index (χ3v) is 11.9. The first-order valence-electron chi connectivity index (χ1n) is 13.1. The summed E-state index contributed by atoms with van der Waals surface area (Å²) in [4.78, 5) is 55.7. The van der Waals surface area contributed by atoms with Crippen LogP contribution in [0, 0.1) is 36.5 Å². The van der Waals surface area contributed by atoms with Crippen LogP contribution in [0.4, 0.5) is 11.4 Å². The van der Waals surface area contributed by atoms with Crippen molar-refractivity contribution in [3.63, 3.8) is 0 Å². The van der Waals surface area contributed by atoms with E-state index in [4.69, 9.17) is 4.74 Å². The molecule has 2 aliphatic heterocycles. The van der Waals surface area contributed by atoms with Gasteiger partial charge in [0.05, 0.1) is 23.4 Å². The van der Waals surface area contributed by atoms with Crippen molar-refractivity contribution < 1.29 is 23.9 Å². The molecule has 9 heteroatoms. The Morgan fingerprint density at radius 3 is 2.18 bits per heavy atom. The van der Waals surface area contributed by atoms with Gasteiger partial charge < -0.3 is 9.64 Å². The summed E-state index contributed by atoms with van der Waals surface area (Å²) < 4.78 is 5.65. The second-order valence-corrected chi connectivity index (χ2v) is 12.9. The minimum absolute atomic E-state index is 0.0937. The quantitative estimate of drug-likeness (QED) is 0.202. The van der Waals surface area contributed by atoms with Gasteiger partial charge in [0, 0.05) is 28.3 Å². The first-order valence-corrected chi connectivity index (χ1v) is 14.9. The highest BCUT2D eigenvalue weighted by Crippen LogP contribution is 2.60. The molecule has 0 spiro atoms. The first kappa shape index (κ1) is 25.7. The normalized spacial score (nSPS) is 31.9. The molecule has 0 N–H and O–H groups in total. The van der Waals surface area contributed by atoms with Crippen molar-refractivity contribution in [3.05, 3.63) is 53.6 Å². The minimum atomic E-state index is -0.570. The van der Waals surface area contributed by atoms with Gasteiger partial charge in [-0.05, 0) is 73.1 Å². The Morgan fingerprint density at radius 2 is 1.61 bits per heavy atom. The lowest BCUT2D eigenvalue weighted by molar-refractivity contribution is -0.139. The molecular weight excluding hydrogens is 616 g/mol. The predicted molar refractivity (Wildman–Crippen MR) is 150 cm³/mol. The lowest BCUT2D eigenvalue weighted by Gasteiger charge is -2.28. The zero-order valence-electron chi connectivity index (χ0n) is 21.1. The Morgan fingerprint density at radius 1 is 0.974 bits per heavy atom. The molecule has 7 atom stereocenters. The second-order valence-electron chi connectivity index (χ2n) is 10.8. The van der Waals surface area contributed by atoms with Crippen LogP contribution in [0.3, 0.4) is 0 Å². The number of imide groups is 1. The van der Waals surface area contributed by atoms with Crippen LogP contribution in [-0.2, 0) is 25.6 Å². The third-order valence-electron chi connectivity index (χ3n) is 8.73. The summed E-state index contributed by atoms with van der Waals surface area (Å²) in [6.07, 6.45) is 1.89. The number of hydrogen-bond donors (Lipinski definition) is 0. The van der Waals surface area contributed by atoms with Gasteiger partial charge in [0.2, 0.25) is 17.7 Å². The van der Waals surface area contributed by atoms with Crippen molar-refractivity contribution in [2.24, 2.45) is 29.6 Å². The largest absolute Gasteiger partial charge is 0.426 e. The topological polar surface area (TPSA) is 84.0 Å². The maximum Gasteiger partial charge on any atom is 0.316 e. The van der Waals surface area contributed by atoms with Gasteiger partial charge in [0.25, 0.3) is 0 Å². The van der Waals surface area contributed by atoms with Crippen LogP contribution in [0.1, 0.15) is 30.9 Å². The lowest BCUT2D eigenvalue weighted by atomic mass is 9.81. The molecule has 2 heterocycles. The number of fused-ring (bicyclic) bond motifs is 5. The summed E-state index contributed by atoms with van der Waals surface area (Å²) in [7, 11) is 0. The van der Waals surface area contributed by atoms with E-state index in [1.807, 2.05) is 24.3 Å². The molecule has 0 unspecified atom stereocenters. The molecule has 2 aromatic rings. The van der Waals surface area contributed by atoms with Crippen LogP contribution in [0.2, 0.25) is 0 Å². The molecule has 3 amide bonds. The van der Waals surface area contributed by atoms with Crippen LogP contribution in [-0.4, -0.2) is 39.9 Å². The molecular formula is C29H28Br2N2O5. The summed E-state index contributed by atoms with van der Waals surface area (Å²) in [5.41, 5.74) is 3.17. The van der Waals surface area contributed by atoms with E-state index in [9.17, 15) is 19.2 Å². The maximum atomic E-state index is 13.4. The Bertz CT molecular complexity index is 1310. The Hall–Kier alpha value is -2.52. The number of ether oxygens (including phenoxy) is 1. The number of aryl methyl sites for hydroxylation is 2. The molecule has 6 rings (SSSR count). The molecule has 2 saturated carbocycles. The molecule has 0 aromatic heterocycles. The molecule has 7 nitrogen and oxygen atoms in total. The molecule has 4 fully saturated rings. The number of nitrogens with zero attached hydrogens (tertiary/aromatic N) is 2. The monoisotopic (exact) mass is 642 g/mol. The summed E-state index contributed by atoms with van der Waals surface area (Å²) in [5.74, 6) is -1.37. The van der Waals surface area contributed by atoms with Crippen LogP contribution in [0.5, 0.6) is 5.75 Å². The van der Waals surface area contributed by atoms with E-state index in [-0.39, 0.29) is 64.0 Å². The zero-order valence-corrected chi connectivity index (χ0v) is 24.3. The summed E-state index contributed by atoms with van der Waals surface area (Å²) in [6.45, 7) is 4.14. The molecule has 4 aliphatic rings. The highest BCUT2D eigenvalue weighted by Gasteiger charge is 2.66. The van der Waals surface area contributed by atoms with Crippen molar-refractivity contribution in [3.8, 4) is 5.75 Å². The number of alkyl halides is 2. The van der Waals surface area contributed by atoms with E-state index in [2.05, 4.69) is 38.8 Å². The molecule has 0 radical (unpaired) electrons. The van der Waals surface area contributed by atoms with Gasteiger partial charge in [0.15, 0.2) is 0 Å². The Labute approximate surface area is 238 Å². The van der Waals surface area contributed by atoms with Gasteiger partial charge in [-0.2, -0.15) is 0 Å². The van der Waals surface area contributed by atoms with Gasteiger partial charge in [-0.1, -0.05) is 50.9 Å². The average Bonchev–Trinajstić information content (AvgIpc) is 3.62. The van der Waals surface area contributed by atoms with E-state index in [1.54, 1.807) is 30.0 Å². The van der Waals surface area contributed by atoms with E-state index in [1.165, 1.54) is 10.5 Å². The highest BCUT2D eigenvalue weighted by atomic mass is 79.9. The number of esters is 1. The number of amides is 3. The van der Waals surface area contributed by atoms with Gasteiger partial charge >= 0.3 is 5.97 Å². The number of hydrogen-bond acceptors (Lipinski definition) is 5. The van der Waals surface area contributed by atoms with Crippen molar-refractivity contribution in [2.75, 3.05) is 16.3 Å². The van der Waals surface area contributed by atoms with Gasteiger partial charge in [-0.15, -0.1) is 0 Å². The lowest BCUT2D eigenvalue weighted by Crippen LogP contribution is -2.37. The Kier molecular flexibility index (Phi) is 6.50. The van der Waals surface area contributed by atoms with Gasteiger partial charge in [-0.25, -0.2) is 4.90 Å². The van der Waals surface area contributed by atoms with E-state index in [0.717, 1.165) is 18.5 Å². The fraction of sp³-hybridized carbons (Fsp3) is 0.448. The highest BCUT2D eigenvalue weighted by molar-refractivity contribution is 9.12. The van der Waals surface area contributed by atoms with E-state index < -0.39 is 11.9 Å². The number of rotatable bonds is 5. The SMILES string of the molecule is CCc1ccc(N2C[C@H](C(=O)Oc3ccc(N4C(=O)[C@@H]5[C@H]6C[C@@H]([C@@H](Br)[C@H]6Br)[C@H]5C4=O)c(C)c3)CC2=O)cc1. The summed E-state index contributed by atoms with van der Waals surface area (Å²) >= 11 is 7.44. The van der Waals surface area contributed by atoms with Crippen LogP contribution in [0.15, 0.2) is 42.5 Å². The number of carbonyl (C=O) groups excluding carboxylic acids is 4. The molecule has 2 aliphatic carbocycles. The minimum Gasteiger partial charge on any atom is -0.426 e. The average molecular weight is 644 g/mol. The van der Waals surface area contributed by atoms with Crippen molar-refractivity contribution in [1.82, 2.24) is 0 Å². The van der Waals surface area contributed by atoms with Crippen molar-refractivity contribution >= 4 is 66.9 Å². The van der Waals surface area contributed by atoms with Gasteiger partial charge in [0.1, 0.15) is 5.75 Å². The maximum absolute atomic E-state index is 13.4. The molecule has 2 bridgehead atoms. The van der Waals surface area contributed by atoms with Crippen LogP contribution >= 0.6 is 31.9 Å². The number of carbonyl (C=O) groups is 4. The van der Waals surface area contributed by atoms with E-state index in [0.29, 0.717) is 17.0 Å². The Balaban J connectivity index is 1.15. The number of benzene rings is 2. The van der Waals surface area contributed by atoms with Crippen LogP contribution < -0.4 is 14.5 Å². The van der Waals surface area contributed by atoms with Gasteiger partial charge in [-0.3, -0.25) is 19.2 Å². The molecule has 38 heavy (non-hydrogen) atoms. The fourth-order valence-corrected chi connectivity index (χ4v) is 8.63. The zero-order chi connectivity index (χ0) is 26.9. The summed E-state index contributed by atoms with van der Waals surface area (Å²) in [6, 6.07) is 12.8. The predicted octanol–water partition coefficient (Wildman–Crippen LogP) is 4.80. The molecule has 2 aromatic carbocycles. The molecule has 198 valence electrons. The number of anilines is 2. The molecule has 2 saturated heterocycles. The first-order chi connectivity index (χ1) is 18.2. The third kappa shape index (κ3) is 3.96. The number of halogens is 2.